The van der Waals surface area contributed by atoms with Crippen LogP contribution in [0.3, 0.4) is 0 Å². The zero-order valence-corrected chi connectivity index (χ0v) is 18.1. The third-order valence-corrected chi connectivity index (χ3v) is 5.95. The number of hydrogen-bond acceptors (Lipinski definition) is 4. The standard InChI is InChI=1S/C22H21ClN2O4S/c1-29-21-10-6-5-9-20(21)24-22(26)16-11-13-18(14-12-16)25(30(2,27)28)15-17-7-3-4-8-19(17)23/h3-14H,15H2,1-2H3,(H,24,26). The van der Waals surface area contributed by atoms with Gasteiger partial charge in [0.25, 0.3) is 5.91 Å². The second-order valence-corrected chi connectivity index (χ2v) is 8.88. The minimum atomic E-state index is -3.57. The zero-order valence-electron chi connectivity index (χ0n) is 16.5. The summed E-state index contributed by atoms with van der Waals surface area (Å²) < 4.78 is 31.2. The first-order chi connectivity index (χ1) is 14.3. The smallest absolute Gasteiger partial charge is 0.255 e. The van der Waals surface area contributed by atoms with Crippen molar-refractivity contribution in [3.05, 3.63) is 88.9 Å². The Hall–Kier alpha value is -3.03. The van der Waals surface area contributed by atoms with E-state index in [0.29, 0.717) is 33.3 Å². The lowest BCUT2D eigenvalue weighted by molar-refractivity contribution is 0.102. The van der Waals surface area contributed by atoms with E-state index in [4.69, 9.17) is 16.3 Å². The highest BCUT2D eigenvalue weighted by molar-refractivity contribution is 7.92. The number of para-hydroxylation sites is 2. The summed E-state index contributed by atoms with van der Waals surface area (Å²) in [5, 5.41) is 3.28. The second kappa shape index (κ2) is 9.19. The van der Waals surface area contributed by atoms with Gasteiger partial charge in [-0.05, 0) is 48.0 Å². The van der Waals surface area contributed by atoms with Crippen LogP contribution < -0.4 is 14.4 Å². The van der Waals surface area contributed by atoms with Crippen molar-refractivity contribution in [2.45, 2.75) is 6.54 Å². The van der Waals surface area contributed by atoms with Gasteiger partial charge < -0.3 is 10.1 Å². The molecule has 0 aliphatic heterocycles. The van der Waals surface area contributed by atoms with E-state index < -0.39 is 10.0 Å². The minimum Gasteiger partial charge on any atom is -0.495 e. The average Bonchev–Trinajstić information content (AvgIpc) is 2.73. The Labute approximate surface area is 181 Å². The number of sulfonamides is 1. The number of methoxy groups -OCH3 is 1. The highest BCUT2D eigenvalue weighted by Gasteiger charge is 2.19. The summed E-state index contributed by atoms with van der Waals surface area (Å²) in [7, 11) is -2.04. The monoisotopic (exact) mass is 444 g/mol. The number of hydrogen-bond donors (Lipinski definition) is 1. The molecule has 3 aromatic carbocycles. The van der Waals surface area contributed by atoms with Crippen LogP contribution in [-0.2, 0) is 16.6 Å². The van der Waals surface area contributed by atoms with Crippen molar-refractivity contribution >= 4 is 38.9 Å². The molecule has 1 amide bonds. The molecule has 3 aromatic rings. The van der Waals surface area contributed by atoms with Crippen molar-refractivity contribution in [3.63, 3.8) is 0 Å². The SMILES string of the molecule is COc1ccccc1NC(=O)c1ccc(N(Cc2ccccc2Cl)S(C)(=O)=O)cc1. The molecular formula is C22H21ClN2O4S. The highest BCUT2D eigenvalue weighted by Crippen LogP contribution is 2.26. The van der Waals surface area contributed by atoms with Gasteiger partial charge in [-0.3, -0.25) is 9.10 Å². The van der Waals surface area contributed by atoms with E-state index in [0.717, 1.165) is 6.26 Å². The first kappa shape index (κ1) is 21.7. The molecule has 156 valence electrons. The van der Waals surface area contributed by atoms with Crippen molar-refractivity contribution in [2.75, 3.05) is 23.0 Å². The van der Waals surface area contributed by atoms with Crippen LogP contribution >= 0.6 is 11.6 Å². The van der Waals surface area contributed by atoms with Crippen LogP contribution in [0.15, 0.2) is 72.8 Å². The fraction of sp³-hybridized carbons (Fsp3) is 0.136. The van der Waals surface area contributed by atoms with Crippen molar-refractivity contribution in [1.82, 2.24) is 0 Å². The molecule has 0 aromatic heterocycles. The first-order valence-corrected chi connectivity index (χ1v) is 11.3. The van der Waals surface area contributed by atoms with Crippen molar-refractivity contribution in [3.8, 4) is 5.75 Å². The largest absolute Gasteiger partial charge is 0.495 e. The summed E-state index contributed by atoms with van der Waals surface area (Å²) in [6, 6.07) is 20.5. The molecule has 0 bridgehead atoms. The number of ether oxygens (including phenoxy) is 1. The Balaban J connectivity index is 1.83. The third kappa shape index (κ3) is 5.11. The summed E-state index contributed by atoms with van der Waals surface area (Å²) in [5.41, 5.74) is 2.05. The molecule has 0 saturated heterocycles. The lowest BCUT2D eigenvalue weighted by Gasteiger charge is -2.23. The van der Waals surface area contributed by atoms with E-state index in [1.165, 1.54) is 11.4 Å². The van der Waals surface area contributed by atoms with Gasteiger partial charge in [-0.2, -0.15) is 0 Å². The van der Waals surface area contributed by atoms with Crippen molar-refractivity contribution < 1.29 is 17.9 Å². The Morgan fingerprint density at radius 2 is 1.63 bits per heavy atom. The van der Waals surface area contributed by atoms with Crippen LogP contribution in [0, 0.1) is 0 Å². The molecule has 0 atom stereocenters. The molecule has 8 heteroatoms. The van der Waals surface area contributed by atoms with Crippen LogP contribution in [0.5, 0.6) is 5.75 Å². The Bertz CT molecular complexity index is 1150. The quantitative estimate of drug-likeness (QED) is 0.579. The topological polar surface area (TPSA) is 75.7 Å². The Morgan fingerprint density at radius 1 is 1.00 bits per heavy atom. The maximum atomic E-state index is 12.6. The summed E-state index contributed by atoms with van der Waals surface area (Å²) in [4.78, 5) is 12.6. The maximum absolute atomic E-state index is 12.6. The summed E-state index contributed by atoms with van der Waals surface area (Å²) in [6.07, 6.45) is 1.13. The number of nitrogens with one attached hydrogen (secondary N) is 1. The number of anilines is 2. The van der Waals surface area contributed by atoms with E-state index in [2.05, 4.69) is 5.32 Å². The predicted octanol–water partition coefficient (Wildman–Crippen LogP) is 4.57. The van der Waals surface area contributed by atoms with Gasteiger partial charge in [0.15, 0.2) is 0 Å². The molecule has 6 nitrogen and oxygen atoms in total. The van der Waals surface area contributed by atoms with Gasteiger partial charge in [0.05, 0.1) is 31.3 Å². The molecule has 30 heavy (non-hydrogen) atoms. The zero-order chi connectivity index (χ0) is 21.7. The molecule has 0 aliphatic carbocycles. The molecule has 3 rings (SSSR count). The summed E-state index contributed by atoms with van der Waals surface area (Å²) in [5.74, 6) is 0.216. The molecule has 0 aliphatic rings. The fourth-order valence-corrected chi connectivity index (χ4v) is 3.98. The number of amides is 1. The maximum Gasteiger partial charge on any atom is 0.255 e. The van der Waals surface area contributed by atoms with Gasteiger partial charge in [0.2, 0.25) is 10.0 Å². The van der Waals surface area contributed by atoms with Gasteiger partial charge in [-0.15, -0.1) is 0 Å². The normalized spacial score (nSPS) is 11.0. The van der Waals surface area contributed by atoms with E-state index >= 15 is 0 Å². The molecule has 0 spiro atoms. The van der Waals surface area contributed by atoms with Crippen LogP contribution in [0.2, 0.25) is 5.02 Å². The van der Waals surface area contributed by atoms with Crippen LogP contribution in [0.1, 0.15) is 15.9 Å². The number of rotatable bonds is 7. The van der Waals surface area contributed by atoms with Gasteiger partial charge >= 0.3 is 0 Å². The minimum absolute atomic E-state index is 0.0886. The van der Waals surface area contributed by atoms with E-state index in [1.807, 2.05) is 6.07 Å². The number of carbonyl (C=O) groups excluding carboxylic acids is 1. The molecule has 0 heterocycles. The summed E-state index contributed by atoms with van der Waals surface area (Å²) in [6.45, 7) is 0.0886. The highest BCUT2D eigenvalue weighted by atomic mass is 35.5. The van der Waals surface area contributed by atoms with Crippen molar-refractivity contribution in [2.24, 2.45) is 0 Å². The van der Waals surface area contributed by atoms with Gasteiger partial charge in [0.1, 0.15) is 5.75 Å². The van der Waals surface area contributed by atoms with Crippen LogP contribution in [0.25, 0.3) is 0 Å². The van der Waals surface area contributed by atoms with Gasteiger partial charge in [-0.1, -0.05) is 41.9 Å². The average molecular weight is 445 g/mol. The Kier molecular flexibility index (Phi) is 6.64. The molecule has 1 N–H and O–H groups in total. The number of halogens is 1. The summed E-state index contributed by atoms with van der Waals surface area (Å²) >= 11 is 6.19. The number of benzene rings is 3. The third-order valence-electron chi connectivity index (χ3n) is 4.44. The number of carbonyl (C=O) groups is 1. The lowest BCUT2D eigenvalue weighted by atomic mass is 10.1. The van der Waals surface area contributed by atoms with E-state index in [9.17, 15) is 13.2 Å². The van der Waals surface area contributed by atoms with Gasteiger partial charge in [0, 0.05) is 10.6 Å². The van der Waals surface area contributed by atoms with Crippen LogP contribution in [-0.4, -0.2) is 27.7 Å². The molecule has 0 radical (unpaired) electrons. The fourth-order valence-electron chi connectivity index (χ4n) is 2.90. The first-order valence-electron chi connectivity index (χ1n) is 9.05. The Morgan fingerprint density at radius 3 is 2.27 bits per heavy atom. The molecule has 0 fully saturated rings. The predicted molar refractivity (Wildman–Crippen MR) is 120 cm³/mol. The van der Waals surface area contributed by atoms with Crippen LogP contribution in [0.4, 0.5) is 11.4 Å². The molecule has 0 unspecified atom stereocenters. The van der Waals surface area contributed by atoms with E-state index in [1.54, 1.807) is 66.7 Å². The number of nitrogens with zero attached hydrogens (tertiary/aromatic N) is 1. The lowest BCUT2D eigenvalue weighted by Crippen LogP contribution is -2.29. The van der Waals surface area contributed by atoms with Gasteiger partial charge in [-0.25, -0.2) is 8.42 Å². The second-order valence-electron chi connectivity index (χ2n) is 6.56. The van der Waals surface area contributed by atoms with Crippen molar-refractivity contribution in [1.29, 1.82) is 0 Å². The molecular weight excluding hydrogens is 424 g/mol. The molecule has 0 saturated carbocycles. The van der Waals surface area contributed by atoms with E-state index in [-0.39, 0.29) is 12.5 Å².